The third-order valence-electron chi connectivity index (χ3n) is 2.72. The Kier molecular flexibility index (Phi) is 3.37. The zero-order valence-electron chi connectivity index (χ0n) is 10.0. The molecule has 0 bridgehead atoms. The highest BCUT2D eigenvalue weighted by molar-refractivity contribution is 9.10. The second kappa shape index (κ2) is 5.18. The van der Waals surface area contributed by atoms with Crippen molar-refractivity contribution in [3.8, 4) is 0 Å². The minimum Gasteiger partial charge on any atom is -0.478 e. The summed E-state index contributed by atoms with van der Waals surface area (Å²) in [6.45, 7) is 0. The first-order chi connectivity index (χ1) is 9.65. The quantitative estimate of drug-likeness (QED) is 0.749. The molecule has 0 spiro atoms. The molecule has 20 heavy (non-hydrogen) atoms. The van der Waals surface area contributed by atoms with Crippen molar-refractivity contribution in [3.05, 3.63) is 46.0 Å². The summed E-state index contributed by atoms with van der Waals surface area (Å²) < 4.78 is 0.541. The van der Waals surface area contributed by atoms with Crippen LogP contribution in [0.25, 0.3) is 10.2 Å². The summed E-state index contributed by atoms with van der Waals surface area (Å²) in [5.74, 6) is -0.321. The van der Waals surface area contributed by atoms with Crippen LogP contribution in [0.1, 0.15) is 10.4 Å². The van der Waals surface area contributed by atoms with Crippen molar-refractivity contribution in [1.29, 1.82) is 0 Å². The minimum absolute atomic E-state index is 0.200. The number of thiophene rings is 1. The standard InChI is InChI=1S/C13H8BrN3O2S/c14-10-2-1-7(5-9(10)13(18)19)17-11-8-3-4-20-12(8)16-6-15-11/h1-6H,(H,18,19)(H,15,16,17). The Balaban J connectivity index is 2.01. The average molecular weight is 350 g/mol. The first-order valence-electron chi connectivity index (χ1n) is 5.63. The topological polar surface area (TPSA) is 75.1 Å². The van der Waals surface area contributed by atoms with Gasteiger partial charge in [-0.2, -0.15) is 0 Å². The van der Waals surface area contributed by atoms with Gasteiger partial charge in [0, 0.05) is 10.2 Å². The van der Waals surface area contributed by atoms with Crippen molar-refractivity contribution in [2.75, 3.05) is 5.32 Å². The van der Waals surface area contributed by atoms with Crippen molar-refractivity contribution in [3.63, 3.8) is 0 Å². The van der Waals surface area contributed by atoms with Crippen LogP contribution in [0.15, 0.2) is 40.4 Å². The smallest absolute Gasteiger partial charge is 0.336 e. The molecule has 0 amide bonds. The number of aromatic carboxylic acids is 1. The summed E-state index contributed by atoms with van der Waals surface area (Å²) in [6, 6.07) is 6.97. The van der Waals surface area contributed by atoms with Crippen molar-refractivity contribution in [1.82, 2.24) is 9.97 Å². The van der Waals surface area contributed by atoms with Gasteiger partial charge in [0.1, 0.15) is 17.0 Å². The van der Waals surface area contributed by atoms with E-state index in [1.165, 1.54) is 17.7 Å². The van der Waals surface area contributed by atoms with Gasteiger partial charge in [-0.3, -0.25) is 0 Å². The number of hydrogen-bond donors (Lipinski definition) is 2. The molecular formula is C13H8BrN3O2S. The highest BCUT2D eigenvalue weighted by Crippen LogP contribution is 2.28. The number of aromatic nitrogens is 2. The summed E-state index contributed by atoms with van der Waals surface area (Å²) >= 11 is 4.75. The number of hydrogen-bond acceptors (Lipinski definition) is 5. The van der Waals surface area contributed by atoms with E-state index in [4.69, 9.17) is 5.11 Å². The van der Waals surface area contributed by atoms with E-state index in [0.717, 1.165) is 10.2 Å². The maximum Gasteiger partial charge on any atom is 0.336 e. The first-order valence-corrected chi connectivity index (χ1v) is 7.30. The molecule has 3 aromatic rings. The van der Waals surface area contributed by atoms with Crippen LogP contribution in [0.4, 0.5) is 11.5 Å². The number of nitrogens with one attached hydrogen (secondary N) is 1. The van der Waals surface area contributed by atoms with Crippen molar-refractivity contribution >= 4 is 55.0 Å². The number of carbonyl (C=O) groups is 1. The zero-order chi connectivity index (χ0) is 14.1. The van der Waals surface area contributed by atoms with Gasteiger partial charge < -0.3 is 10.4 Å². The molecule has 0 fully saturated rings. The third kappa shape index (κ3) is 2.37. The van der Waals surface area contributed by atoms with Gasteiger partial charge in [-0.05, 0) is 45.6 Å². The fourth-order valence-corrected chi connectivity index (χ4v) is 2.94. The molecule has 0 aliphatic heterocycles. The number of nitrogens with zero attached hydrogens (tertiary/aromatic N) is 2. The lowest BCUT2D eigenvalue weighted by molar-refractivity contribution is 0.0696. The fraction of sp³-hybridized carbons (Fsp3) is 0. The number of carboxylic acid groups (broad SMARTS) is 1. The van der Waals surface area contributed by atoms with Crippen LogP contribution in [-0.4, -0.2) is 21.0 Å². The summed E-state index contributed by atoms with van der Waals surface area (Å²) in [5, 5.41) is 15.1. The molecule has 0 saturated carbocycles. The molecule has 0 radical (unpaired) electrons. The molecule has 7 heteroatoms. The van der Waals surface area contributed by atoms with E-state index in [9.17, 15) is 4.79 Å². The molecule has 0 saturated heterocycles. The van der Waals surface area contributed by atoms with Crippen LogP contribution < -0.4 is 5.32 Å². The van der Waals surface area contributed by atoms with Gasteiger partial charge in [-0.15, -0.1) is 11.3 Å². The molecule has 5 nitrogen and oxygen atoms in total. The summed E-state index contributed by atoms with van der Waals surface area (Å²) in [5.41, 5.74) is 0.863. The van der Waals surface area contributed by atoms with Crippen LogP contribution in [0.3, 0.4) is 0 Å². The molecule has 0 atom stereocenters. The Bertz CT molecular complexity index is 803. The molecule has 2 heterocycles. The Hall–Kier alpha value is -1.99. The lowest BCUT2D eigenvalue weighted by Crippen LogP contribution is -2.00. The first kappa shape index (κ1) is 13.0. The Morgan fingerprint density at radius 2 is 2.15 bits per heavy atom. The minimum atomic E-state index is -0.983. The Labute approximate surface area is 126 Å². The monoisotopic (exact) mass is 349 g/mol. The molecule has 2 aromatic heterocycles. The SMILES string of the molecule is O=C(O)c1cc(Nc2ncnc3sccc23)ccc1Br. The van der Waals surface area contributed by atoms with Gasteiger partial charge in [0.2, 0.25) is 0 Å². The largest absolute Gasteiger partial charge is 0.478 e. The highest BCUT2D eigenvalue weighted by Gasteiger charge is 2.10. The molecule has 0 aliphatic carbocycles. The van der Waals surface area contributed by atoms with E-state index in [2.05, 4.69) is 31.2 Å². The average Bonchev–Trinajstić information content (AvgIpc) is 2.90. The van der Waals surface area contributed by atoms with E-state index in [1.807, 2.05) is 11.4 Å². The molecule has 0 aliphatic rings. The van der Waals surface area contributed by atoms with E-state index in [-0.39, 0.29) is 5.56 Å². The lowest BCUT2D eigenvalue weighted by Gasteiger charge is -2.08. The van der Waals surface area contributed by atoms with Crippen LogP contribution in [0.2, 0.25) is 0 Å². The normalized spacial score (nSPS) is 10.7. The van der Waals surface area contributed by atoms with Gasteiger partial charge in [0.15, 0.2) is 0 Å². The van der Waals surface area contributed by atoms with E-state index >= 15 is 0 Å². The Morgan fingerprint density at radius 1 is 1.30 bits per heavy atom. The van der Waals surface area contributed by atoms with Gasteiger partial charge >= 0.3 is 5.97 Å². The number of halogens is 1. The van der Waals surface area contributed by atoms with Crippen LogP contribution in [0.5, 0.6) is 0 Å². The van der Waals surface area contributed by atoms with Crippen molar-refractivity contribution < 1.29 is 9.90 Å². The maximum absolute atomic E-state index is 11.1. The third-order valence-corrected chi connectivity index (χ3v) is 4.23. The summed E-state index contributed by atoms with van der Waals surface area (Å²) in [6.07, 6.45) is 1.48. The second-order valence-corrected chi connectivity index (χ2v) is 5.74. The van der Waals surface area contributed by atoms with Crippen molar-refractivity contribution in [2.45, 2.75) is 0 Å². The maximum atomic E-state index is 11.1. The number of benzene rings is 1. The number of rotatable bonds is 3. The van der Waals surface area contributed by atoms with Gasteiger partial charge in [0.05, 0.1) is 10.9 Å². The molecule has 2 N–H and O–H groups in total. The summed E-state index contributed by atoms with van der Waals surface area (Å²) in [4.78, 5) is 20.4. The molecule has 1 aromatic carbocycles. The molecule has 0 unspecified atom stereocenters. The fourth-order valence-electron chi connectivity index (χ4n) is 1.79. The number of fused-ring (bicyclic) bond motifs is 1. The molecule has 3 rings (SSSR count). The van der Waals surface area contributed by atoms with Crippen molar-refractivity contribution in [2.24, 2.45) is 0 Å². The zero-order valence-corrected chi connectivity index (χ0v) is 12.4. The predicted octanol–water partition coefficient (Wildman–Crippen LogP) is 3.90. The predicted molar refractivity (Wildman–Crippen MR) is 81.8 cm³/mol. The highest BCUT2D eigenvalue weighted by atomic mass is 79.9. The Morgan fingerprint density at radius 3 is 2.95 bits per heavy atom. The van der Waals surface area contributed by atoms with Gasteiger partial charge in [-0.1, -0.05) is 0 Å². The number of carboxylic acids is 1. The lowest BCUT2D eigenvalue weighted by atomic mass is 10.2. The number of anilines is 2. The van der Waals surface area contributed by atoms with E-state index in [0.29, 0.717) is 16.0 Å². The molecule has 100 valence electrons. The van der Waals surface area contributed by atoms with Gasteiger partial charge in [0.25, 0.3) is 0 Å². The summed E-state index contributed by atoms with van der Waals surface area (Å²) in [7, 11) is 0. The van der Waals surface area contributed by atoms with Gasteiger partial charge in [-0.25, -0.2) is 14.8 Å². The van der Waals surface area contributed by atoms with E-state index in [1.54, 1.807) is 18.2 Å². The van der Waals surface area contributed by atoms with Crippen LogP contribution in [0, 0.1) is 0 Å². The second-order valence-electron chi connectivity index (χ2n) is 3.99. The van der Waals surface area contributed by atoms with Crippen LogP contribution in [-0.2, 0) is 0 Å². The van der Waals surface area contributed by atoms with E-state index < -0.39 is 5.97 Å². The van der Waals surface area contributed by atoms with Crippen LogP contribution >= 0.6 is 27.3 Å². The molecular weight excluding hydrogens is 342 g/mol.